The van der Waals surface area contributed by atoms with E-state index in [0.29, 0.717) is 18.2 Å². The summed E-state index contributed by atoms with van der Waals surface area (Å²) in [5, 5.41) is 22.5. The van der Waals surface area contributed by atoms with Crippen molar-refractivity contribution in [3.05, 3.63) is 17.5 Å². The Morgan fingerprint density at radius 1 is 1.35 bits per heavy atom. The average Bonchev–Trinajstić information content (AvgIpc) is 2.61. The fourth-order valence-corrected chi connectivity index (χ4v) is 2.57. The topological polar surface area (TPSA) is 95.3 Å². The van der Waals surface area contributed by atoms with Crippen molar-refractivity contribution >= 4 is 11.9 Å². The van der Waals surface area contributed by atoms with Crippen LogP contribution < -0.4 is 5.32 Å². The van der Waals surface area contributed by atoms with Crippen LogP contribution in [0.5, 0.6) is 0 Å². The first-order valence-electron chi connectivity index (χ1n) is 7.03. The number of aryl methyl sites for hydroxylation is 1. The van der Waals surface area contributed by atoms with E-state index in [-0.39, 0.29) is 5.56 Å². The number of hydrogen-bond acceptors (Lipinski definition) is 5. The molecule has 1 aromatic rings. The summed E-state index contributed by atoms with van der Waals surface area (Å²) in [5.41, 5.74) is -0.189. The van der Waals surface area contributed by atoms with Gasteiger partial charge in [-0.2, -0.15) is 0 Å². The molecule has 1 fully saturated rings. The van der Waals surface area contributed by atoms with E-state index in [1.165, 1.54) is 19.0 Å². The molecule has 20 heavy (non-hydrogen) atoms. The summed E-state index contributed by atoms with van der Waals surface area (Å²) < 4.78 is 0. The molecule has 0 bridgehead atoms. The van der Waals surface area contributed by atoms with Crippen LogP contribution in [-0.4, -0.2) is 38.3 Å². The third-order valence-corrected chi connectivity index (χ3v) is 3.82. The maximum Gasteiger partial charge on any atom is 0.339 e. The third kappa shape index (κ3) is 3.66. The molecule has 3 N–H and O–H groups in total. The number of nitrogens with zero attached hydrogens (tertiary/aromatic N) is 2. The smallest absolute Gasteiger partial charge is 0.339 e. The van der Waals surface area contributed by atoms with Crippen LogP contribution in [0.4, 0.5) is 5.95 Å². The first-order valence-corrected chi connectivity index (χ1v) is 7.03. The van der Waals surface area contributed by atoms with Gasteiger partial charge in [-0.25, -0.2) is 14.8 Å². The minimum Gasteiger partial charge on any atom is -0.478 e. The minimum absolute atomic E-state index is 0.101. The zero-order valence-corrected chi connectivity index (χ0v) is 11.7. The van der Waals surface area contributed by atoms with Crippen molar-refractivity contribution in [1.82, 2.24) is 9.97 Å². The predicted molar refractivity (Wildman–Crippen MR) is 74.9 cm³/mol. The predicted octanol–water partition coefficient (Wildman–Crippen LogP) is 1.98. The molecule has 1 aliphatic rings. The maximum absolute atomic E-state index is 10.9. The molecule has 0 amide bonds. The molecular weight excluding hydrogens is 258 g/mol. The van der Waals surface area contributed by atoms with E-state index in [9.17, 15) is 9.90 Å². The minimum atomic E-state index is -1.03. The fourth-order valence-electron chi connectivity index (χ4n) is 2.57. The summed E-state index contributed by atoms with van der Waals surface area (Å²) in [6.45, 7) is 2.04. The molecule has 0 aliphatic heterocycles. The van der Waals surface area contributed by atoms with Crippen LogP contribution in [0.3, 0.4) is 0 Å². The number of aliphatic hydroxyl groups is 1. The Kier molecular flexibility index (Phi) is 4.54. The molecule has 1 heterocycles. The Labute approximate surface area is 118 Å². The first-order chi connectivity index (χ1) is 9.50. The van der Waals surface area contributed by atoms with Gasteiger partial charge >= 0.3 is 5.97 Å². The van der Waals surface area contributed by atoms with E-state index in [0.717, 1.165) is 25.7 Å². The molecule has 1 aliphatic carbocycles. The highest BCUT2D eigenvalue weighted by Crippen LogP contribution is 2.27. The molecule has 0 radical (unpaired) electrons. The number of aromatic nitrogens is 2. The normalized spacial score (nSPS) is 18.3. The fraction of sp³-hybridized carbons (Fsp3) is 0.643. The van der Waals surface area contributed by atoms with Gasteiger partial charge in [0.25, 0.3) is 0 Å². The summed E-state index contributed by atoms with van der Waals surface area (Å²) in [6, 6.07) is 0. The van der Waals surface area contributed by atoms with Gasteiger partial charge in [0, 0.05) is 12.7 Å². The van der Waals surface area contributed by atoms with Crippen molar-refractivity contribution in [2.45, 2.75) is 51.0 Å². The van der Waals surface area contributed by atoms with Gasteiger partial charge in [-0.1, -0.05) is 25.7 Å². The molecule has 0 saturated heterocycles. The van der Waals surface area contributed by atoms with Crippen LogP contribution in [0.1, 0.15) is 54.6 Å². The second-order valence-corrected chi connectivity index (χ2v) is 5.49. The van der Waals surface area contributed by atoms with Crippen molar-refractivity contribution in [2.75, 3.05) is 11.9 Å². The highest BCUT2D eigenvalue weighted by molar-refractivity contribution is 5.88. The SMILES string of the molecule is Cc1nc(NCC2(O)CCCCCC2)ncc1C(=O)O. The molecule has 0 atom stereocenters. The second-order valence-electron chi connectivity index (χ2n) is 5.49. The lowest BCUT2D eigenvalue weighted by Gasteiger charge is -2.26. The van der Waals surface area contributed by atoms with Gasteiger partial charge in [0.15, 0.2) is 0 Å². The van der Waals surface area contributed by atoms with Crippen LogP contribution in [0.2, 0.25) is 0 Å². The van der Waals surface area contributed by atoms with E-state index in [1.807, 2.05) is 0 Å². The summed E-state index contributed by atoms with van der Waals surface area (Å²) >= 11 is 0. The summed E-state index contributed by atoms with van der Waals surface area (Å²) in [6.07, 6.45) is 7.28. The summed E-state index contributed by atoms with van der Waals surface area (Å²) in [5.74, 6) is -0.665. The van der Waals surface area contributed by atoms with Gasteiger partial charge in [0.05, 0.1) is 16.9 Å². The Hall–Kier alpha value is -1.69. The molecule has 1 saturated carbocycles. The maximum atomic E-state index is 10.9. The highest BCUT2D eigenvalue weighted by Gasteiger charge is 2.28. The highest BCUT2D eigenvalue weighted by atomic mass is 16.4. The third-order valence-electron chi connectivity index (χ3n) is 3.82. The Bertz CT molecular complexity index is 483. The number of aromatic carboxylic acids is 1. The lowest BCUT2D eigenvalue weighted by molar-refractivity contribution is 0.0379. The van der Waals surface area contributed by atoms with Gasteiger partial charge in [-0.3, -0.25) is 0 Å². The van der Waals surface area contributed by atoms with Gasteiger partial charge in [-0.15, -0.1) is 0 Å². The van der Waals surface area contributed by atoms with Crippen molar-refractivity contribution in [3.8, 4) is 0 Å². The number of hydrogen-bond donors (Lipinski definition) is 3. The Morgan fingerprint density at radius 3 is 2.55 bits per heavy atom. The molecule has 0 aromatic carbocycles. The van der Waals surface area contributed by atoms with Gasteiger partial charge in [0.2, 0.25) is 5.95 Å². The first kappa shape index (κ1) is 14.7. The van der Waals surface area contributed by atoms with Gasteiger partial charge in [0.1, 0.15) is 0 Å². The molecule has 110 valence electrons. The van der Waals surface area contributed by atoms with Gasteiger partial charge in [-0.05, 0) is 19.8 Å². The Balaban J connectivity index is 1.99. The van der Waals surface area contributed by atoms with Crippen molar-refractivity contribution in [2.24, 2.45) is 0 Å². The van der Waals surface area contributed by atoms with Crippen LogP contribution in [-0.2, 0) is 0 Å². The number of carboxylic acid groups (broad SMARTS) is 1. The number of anilines is 1. The largest absolute Gasteiger partial charge is 0.478 e. The molecule has 6 heteroatoms. The number of carboxylic acids is 1. The van der Waals surface area contributed by atoms with Gasteiger partial charge < -0.3 is 15.5 Å². The average molecular weight is 279 g/mol. The standard InChI is InChI=1S/C14H21N3O3/c1-10-11(12(18)19)8-15-13(17-10)16-9-14(20)6-4-2-3-5-7-14/h8,20H,2-7,9H2,1H3,(H,18,19)(H,15,16,17). The number of nitrogens with one attached hydrogen (secondary N) is 1. The monoisotopic (exact) mass is 279 g/mol. The molecular formula is C14H21N3O3. The van der Waals surface area contributed by atoms with E-state index in [4.69, 9.17) is 5.11 Å². The van der Waals surface area contributed by atoms with E-state index in [2.05, 4.69) is 15.3 Å². The quantitative estimate of drug-likeness (QED) is 0.729. The Morgan fingerprint density at radius 2 is 2.00 bits per heavy atom. The molecule has 0 unspecified atom stereocenters. The van der Waals surface area contributed by atoms with E-state index < -0.39 is 11.6 Å². The van der Waals surface area contributed by atoms with Crippen LogP contribution in [0.15, 0.2) is 6.20 Å². The summed E-state index contributed by atoms with van der Waals surface area (Å²) in [4.78, 5) is 19.0. The van der Waals surface area contributed by atoms with Crippen LogP contribution in [0, 0.1) is 6.92 Å². The van der Waals surface area contributed by atoms with Crippen LogP contribution >= 0.6 is 0 Å². The zero-order valence-electron chi connectivity index (χ0n) is 11.7. The van der Waals surface area contributed by atoms with Crippen molar-refractivity contribution in [3.63, 3.8) is 0 Å². The lowest BCUT2D eigenvalue weighted by atomic mass is 9.95. The number of carbonyl (C=O) groups is 1. The van der Waals surface area contributed by atoms with Crippen molar-refractivity contribution in [1.29, 1.82) is 0 Å². The lowest BCUT2D eigenvalue weighted by Crippen LogP contribution is -2.36. The molecule has 1 aromatic heterocycles. The number of rotatable bonds is 4. The van der Waals surface area contributed by atoms with E-state index in [1.54, 1.807) is 6.92 Å². The van der Waals surface area contributed by atoms with E-state index >= 15 is 0 Å². The second kappa shape index (κ2) is 6.17. The molecule has 0 spiro atoms. The van der Waals surface area contributed by atoms with Crippen molar-refractivity contribution < 1.29 is 15.0 Å². The molecule has 6 nitrogen and oxygen atoms in total. The molecule has 2 rings (SSSR count). The summed E-state index contributed by atoms with van der Waals surface area (Å²) in [7, 11) is 0. The van der Waals surface area contributed by atoms with Crippen LogP contribution in [0.25, 0.3) is 0 Å². The zero-order chi connectivity index (χ0) is 14.6.